The third-order valence-electron chi connectivity index (χ3n) is 10.4. The Balaban J connectivity index is 1.16. The van der Waals surface area contributed by atoms with E-state index in [0.29, 0.717) is 25.7 Å². The molecule has 0 spiro atoms. The van der Waals surface area contributed by atoms with Crippen molar-refractivity contribution in [1.82, 2.24) is 31.1 Å². The summed E-state index contributed by atoms with van der Waals surface area (Å²) in [7, 11) is 1.23. The lowest BCUT2D eigenvalue weighted by Crippen LogP contribution is -2.57. The number of likely N-dealkylation sites (tertiary alicyclic amines) is 2. The Morgan fingerprint density at radius 3 is 1.59 bits per heavy atom. The molecule has 1 aromatic carbocycles. The fourth-order valence-corrected chi connectivity index (χ4v) is 7.32. The van der Waals surface area contributed by atoms with E-state index >= 15 is 0 Å². The van der Waals surface area contributed by atoms with E-state index in [1.165, 1.54) is 16.9 Å². The van der Waals surface area contributed by atoms with Crippen molar-refractivity contribution < 1.29 is 52.5 Å². The van der Waals surface area contributed by atoms with E-state index in [-0.39, 0.29) is 44.4 Å². The fraction of sp³-hybridized carbons (Fsp3) is 0.667. The Kier molecular flexibility index (Phi) is 13.0. The number of hydrogen-bond donors (Lipinski definition) is 4. The minimum absolute atomic E-state index is 0.0223. The first-order valence-electron chi connectivity index (χ1n) is 19.3. The monoisotopic (exact) mass is 784 g/mol. The molecule has 2 aliphatic carbocycles. The van der Waals surface area contributed by atoms with E-state index in [1.54, 1.807) is 41.5 Å². The first-order valence-corrected chi connectivity index (χ1v) is 19.3. The lowest BCUT2D eigenvalue weighted by atomic mass is 9.78. The Morgan fingerprint density at radius 2 is 1.12 bits per heavy atom. The summed E-state index contributed by atoms with van der Waals surface area (Å²) in [6, 6.07) is 5.25. The highest BCUT2D eigenvalue weighted by Crippen LogP contribution is 2.32. The average Bonchev–Trinajstić information content (AvgIpc) is 3.71. The summed E-state index contributed by atoms with van der Waals surface area (Å²) in [6.45, 7) is 10.4. The van der Waals surface area contributed by atoms with Crippen LogP contribution in [0.2, 0.25) is 0 Å². The van der Waals surface area contributed by atoms with Gasteiger partial charge in [-0.25, -0.2) is 19.2 Å². The highest BCUT2D eigenvalue weighted by atomic mass is 16.6. The van der Waals surface area contributed by atoms with Crippen LogP contribution in [0.4, 0.5) is 14.4 Å². The molecule has 0 aromatic heterocycles. The Morgan fingerprint density at radius 1 is 0.643 bits per heavy atom. The summed E-state index contributed by atoms with van der Waals surface area (Å²) < 4.78 is 21.3. The lowest BCUT2D eigenvalue weighted by molar-refractivity contribution is -0.145. The van der Waals surface area contributed by atoms with Gasteiger partial charge in [0.25, 0.3) is 0 Å². The van der Waals surface area contributed by atoms with Gasteiger partial charge in [0.1, 0.15) is 29.9 Å². The number of amides is 6. The van der Waals surface area contributed by atoms with Crippen LogP contribution in [0.15, 0.2) is 30.3 Å². The number of alkyl carbamates (subject to hydrolysis) is 1. The molecule has 0 radical (unpaired) electrons. The van der Waals surface area contributed by atoms with E-state index in [0.717, 1.165) is 5.56 Å². The number of carbonyl (C=O) groups is 7. The number of esters is 1. The molecule has 8 atom stereocenters. The highest BCUT2D eigenvalue weighted by Gasteiger charge is 2.48. The van der Waals surface area contributed by atoms with Crippen molar-refractivity contribution in [3.8, 4) is 0 Å². The second-order valence-electron chi connectivity index (χ2n) is 17.0. The van der Waals surface area contributed by atoms with Gasteiger partial charge in [0.2, 0.25) is 17.7 Å². The molecule has 17 nitrogen and oxygen atoms in total. The zero-order valence-electron chi connectivity index (χ0n) is 33.3. The number of rotatable bonds is 10. The molecule has 2 aliphatic heterocycles. The summed E-state index contributed by atoms with van der Waals surface area (Å²) in [5.74, 6) is -2.83. The molecule has 4 N–H and O–H groups in total. The van der Waals surface area contributed by atoms with E-state index in [1.807, 2.05) is 30.3 Å². The molecule has 4 aliphatic rings. The molecular formula is C39H56N6O11. The molecule has 5 rings (SSSR count). The first kappa shape index (κ1) is 42.1. The minimum Gasteiger partial charge on any atom is -0.467 e. The molecular weight excluding hydrogens is 728 g/mol. The van der Waals surface area contributed by atoms with Gasteiger partial charge < -0.3 is 40.2 Å². The van der Waals surface area contributed by atoms with Gasteiger partial charge in [-0.3, -0.25) is 24.2 Å². The summed E-state index contributed by atoms with van der Waals surface area (Å²) in [4.78, 5) is 94.4. The fourth-order valence-electron chi connectivity index (χ4n) is 7.32. The molecule has 0 bridgehead atoms. The zero-order valence-corrected chi connectivity index (χ0v) is 33.3. The molecule has 2 heterocycles. The number of nitrogens with one attached hydrogen (secondary N) is 4. The number of benzene rings is 1. The van der Waals surface area contributed by atoms with Gasteiger partial charge in [0.05, 0.1) is 18.9 Å². The first-order chi connectivity index (χ1) is 26.3. The van der Waals surface area contributed by atoms with Crippen LogP contribution in [0.3, 0.4) is 0 Å². The van der Waals surface area contributed by atoms with E-state index in [9.17, 15) is 33.6 Å². The van der Waals surface area contributed by atoms with Crippen LogP contribution >= 0.6 is 0 Å². The predicted octanol–water partition coefficient (Wildman–Crippen LogP) is 2.75. The van der Waals surface area contributed by atoms with Crippen molar-refractivity contribution in [2.24, 2.45) is 11.8 Å². The molecule has 308 valence electrons. The topological polar surface area (TPSA) is 211 Å². The molecule has 1 aromatic rings. The Labute approximate surface area is 327 Å². The standard InChI is InChI=1S/C39H56N6O11/c1-38(2,3)55-36(51)44-19-23(40-32(47)26-14-16-28(26)43-35(50)54-21-22-11-9-8-10-12-22)17-29(44)33(48)42-27-15-13-25(27)31(46)41-24-18-30(34(49)53-7)45(20-24)37(52)56-39(4,5)6/h8-12,23-30H,13-21H2,1-7H3,(H,40,47)(H,41,46)(H,42,48)(H,43,50)/t23-,24-,25+,26+,27-,28-,29-,30-/m0/s1. The minimum atomic E-state index is -0.985. The Hall–Kier alpha value is -5.09. The number of nitrogens with zero attached hydrogens (tertiary/aromatic N) is 2. The third-order valence-corrected chi connectivity index (χ3v) is 10.4. The lowest BCUT2D eigenvalue weighted by Gasteiger charge is -2.38. The Bertz CT molecular complexity index is 1640. The van der Waals surface area contributed by atoms with Crippen molar-refractivity contribution in [2.75, 3.05) is 20.2 Å². The van der Waals surface area contributed by atoms with Gasteiger partial charge >= 0.3 is 24.2 Å². The van der Waals surface area contributed by atoms with Gasteiger partial charge in [-0.15, -0.1) is 0 Å². The van der Waals surface area contributed by atoms with Crippen molar-refractivity contribution in [1.29, 1.82) is 0 Å². The van der Waals surface area contributed by atoms with E-state index in [2.05, 4.69) is 21.3 Å². The zero-order chi connectivity index (χ0) is 40.9. The summed E-state index contributed by atoms with van der Waals surface area (Å²) in [5.41, 5.74) is -0.802. The van der Waals surface area contributed by atoms with Gasteiger partial charge in [-0.05, 0) is 79.2 Å². The third kappa shape index (κ3) is 10.8. The van der Waals surface area contributed by atoms with Crippen molar-refractivity contribution in [3.05, 3.63) is 35.9 Å². The smallest absolute Gasteiger partial charge is 0.411 e. The van der Waals surface area contributed by atoms with Gasteiger partial charge in [-0.2, -0.15) is 0 Å². The molecule has 0 unspecified atom stereocenters. The van der Waals surface area contributed by atoms with Crippen LogP contribution in [-0.4, -0.2) is 119 Å². The molecule has 6 amide bonds. The number of ether oxygens (including phenoxy) is 4. The molecule has 56 heavy (non-hydrogen) atoms. The number of hydrogen-bond acceptors (Lipinski definition) is 11. The second-order valence-corrected chi connectivity index (χ2v) is 17.0. The summed E-state index contributed by atoms with van der Waals surface area (Å²) in [5, 5.41) is 11.6. The van der Waals surface area contributed by atoms with E-state index < -0.39 is 89.4 Å². The second kappa shape index (κ2) is 17.4. The normalized spacial score (nSPS) is 27.1. The molecule has 4 fully saturated rings. The molecule has 17 heteroatoms. The maximum atomic E-state index is 13.8. The van der Waals surface area contributed by atoms with Crippen LogP contribution in [0.25, 0.3) is 0 Å². The molecule has 2 saturated heterocycles. The van der Waals surface area contributed by atoms with Crippen LogP contribution in [-0.2, 0) is 44.7 Å². The quantitative estimate of drug-likeness (QED) is 0.200. The maximum absolute atomic E-state index is 13.8. The van der Waals surface area contributed by atoms with Crippen LogP contribution in [0.1, 0.15) is 85.6 Å². The van der Waals surface area contributed by atoms with Crippen LogP contribution in [0.5, 0.6) is 0 Å². The van der Waals surface area contributed by atoms with Gasteiger partial charge in [0, 0.05) is 43.7 Å². The molecule has 2 saturated carbocycles. The number of carbonyl (C=O) groups excluding carboxylic acids is 7. The maximum Gasteiger partial charge on any atom is 0.411 e. The van der Waals surface area contributed by atoms with Crippen LogP contribution < -0.4 is 21.3 Å². The largest absolute Gasteiger partial charge is 0.467 e. The van der Waals surface area contributed by atoms with E-state index in [4.69, 9.17) is 18.9 Å². The van der Waals surface area contributed by atoms with Gasteiger partial charge in [0.15, 0.2) is 0 Å². The van der Waals surface area contributed by atoms with Crippen LogP contribution in [0, 0.1) is 11.8 Å². The van der Waals surface area contributed by atoms with Crippen molar-refractivity contribution >= 4 is 42.0 Å². The SMILES string of the molecule is COC(=O)[C@@H]1C[C@H](NC(=O)[C@@H]2CC[C@@H]2NC(=O)[C@@H]2C[C@H](NC(=O)[C@@H]3CC[C@@H]3NC(=O)OCc3ccccc3)CN2C(=O)OC(C)(C)C)CN1C(=O)OC(C)(C)C. The van der Waals surface area contributed by atoms with Crippen molar-refractivity contribution in [2.45, 2.75) is 134 Å². The van der Waals surface area contributed by atoms with Crippen molar-refractivity contribution in [3.63, 3.8) is 0 Å². The van der Waals surface area contributed by atoms with Gasteiger partial charge in [-0.1, -0.05) is 30.3 Å². The number of methoxy groups -OCH3 is 1. The summed E-state index contributed by atoms with van der Waals surface area (Å²) >= 11 is 0. The average molecular weight is 785 g/mol. The predicted molar refractivity (Wildman–Crippen MR) is 199 cm³/mol. The highest BCUT2D eigenvalue weighted by molar-refractivity contribution is 5.89. The summed E-state index contributed by atoms with van der Waals surface area (Å²) in [6.07, 6.45) is 0.393.